The van der Waals surface area contributed by atoms with Gasteiger partial charge in [-0.3, -0.25) is 9.59 Å². The van der Waals surface area contributed by atoms with E-state index >= 15 is 0 Å². The van der Waals surface area contributed by atoms with Gasteiger partial charge in [0, 0.05) is 16.1 Å². The normalized spacial score (nSPS) is 22.0. The van der Waals surface area contributed by atoms with Gasteiger partial charge >= 0.3 is 5.97 Å². The van der Waals surface area contributed by atoms with Crippen LogP contribution in [0.2, 0.25) is 0 Å². The maximum Gasteiger partial charge on any atom is 0.325 e. The van der Waals surface area contributed by atoms with Crippen LogP contribution >= 0.6 is 11.8 Å². The molecule has 3 rings (SSSR count). The Morgan fingerprint density at radius 2 is 2.30 bits per heavy atom. The first-order chi connectivity index (χ1) is 11.2. The van der Waals surface area contributed by atoms with Gasteiger partial charge in [0.25, 0.3) is 5.91 Å². The Morgan fingerprint density at radius 3 is 3.13 bits per heavy atom. The summed E-state index contributed by atoms with van der Waals surface area (Å²) in [6.45, 7) is -0.144. The van der Waals surface area contributed by atoms with Crippen LogP contribution in [0.4, 0.5) is 0 Å². The fraction of sp³-hybridized carbons (Fsp3) is 0.294. The number of methoxy groups -OCH3 is 1. The van der Waals surface area contributed by atoms with Gasteiger partial charge in [-0.2, -0.15) is 0 Å². The molecule has 0 spiro atoms. The second-order valence-corrected chi connectivity index (χ2v) is 6.46. The maximum atomic E-state index is 12.1. The molecule has 0 saturated heterocycles. The number of rotatable bonds is 3. The molecular weight excluding hydrogens is 314 g/mol. The van der Waals surface area contributed by atoms with E-state index in [1.54, 1.807) is 30.2 Å². The summed E-state index contributed by atoms with van der Waals surface area (Å²) in [7, 11) is 1.28. The lowest BCUT2D eigenvalue weighted by Gasteiger charge is -2.18. The van der Waals surface area contributed by atoms with E-state index in [4.69, 9.17) is 4.74 Å². The Balaban J connectivity index is 1.71. The van der Waals surface area contributed by atoms with Crippen molar-refractivity contribution in [3.05, 3.63) is 58.5 Å². The zero-order chi connectivity index (χ0) is 16.2. The third kappa shape index (κ3) is 3.59. The van der Waals surface area contributed by atoms with Crippen LogP contribution in [0.1, 0.15) is 12.8 Å². The minimum Gasteiger partial charge on any atom is -0.468 e. The zero-order valence-corrected chi connectivity index (χ0v) is 13.5. The lowest BCUT2D eigenvalue weighted by atomic mass is 10.0. The molecule has 6 heteroatoms. The minimum absolute atomic E-state index is 0.144. The van der Waals surface area contributed by atoms with Crippen molar-refractivity contribution in [1.82, 2.24) is 5.32 Å². The van der Waals surface area contributed by atoms with Gasteiger partial charge in [0.2, 0.25) is 0 Å². The lowest BCUT2D eigenvalue weighted by molar-refractivity contribution is -0.140. The predicted molar refractivity (Wildman–Crippen MR) is 88.2 cm³/mol. The molecule has 0 radical (unpaired) electrons. The van der Waals surface area contributed by atoms with E-state index in [9.17, 15) is 9.59 Å². The summed E-state index contributed by atoms with van der Waals surface area (Å²) < 4.78 is 10.3. The molecule has 3 aliphatic rings. The number of carbonyl (C=O) groups excluding carboxylic acids is 2. The van der Waals surface area contributed by atoms with Crippen LogP contribution < -0.4 is 5.32 Å². The number of thioether (sulfide) groups is 1. The molecule has 0 aromatic rings. The average molecular weight is 331 g/mol. The van der Waals surface area contributed by atoms with Crippen molar-refractivity contribution in [2.24, 2.45) is 0 Å². The zero-order valence-electron chi connectivity index (χ0n) is 12.7. The SMILES string of the molecule is COC(=O)CNC(=O)C1=CC2=COC3=C(CCC=C3)SC2C=C1. The number of allylic oxidation sites excluding steroid dienone is 4. The summed E-state index contributed by atoms with van der Waals surface area (Å²) in [6, 6.07) is 0. The summed E-state index contributed by atoms with van der Waals surface area (Å²) in [4.78, 5) is 24.4. The van der Waals surface area contributed by atoms with Gasteiger partial charge < -0.3 is 14.8 Å². The third-order valence-electron chi connectivity index (χ3n) is 3.66. The van der Waals surface area contributed by atoms with Crippen LogP contribution in [-0.2, 0) is 19.1 Å². The number of carbonyl (C=O) groups is 2. The Kier molecular flexibility index (Phi) is 4.71. The highest BCUT2D eigenvalue weighted by molar-refractivity contribution is 8.04. The van der Waals surface area contributed by atoms with Gasteiger partial charge in [-0.15, -0.1) is 11.8 Å². The Bertz CT molecular complexity index is 685. The molecule has 0 fully saturated rings. The Morgan fingerprint density at radius 1 is 1.43 bits per heavy atom. The molecule has 0 saturated carbocycles. The predicted octanol–water partition coefficient (Wildman–Crippen LogP) is 2.35. The number of fused-ring (bicyclic) bond motifs is 1. The van der Waals surface area contributed by atoms with E-state index in [2.05, 4.69) is 16.1 Å². The van der Waals surface area contributed by atoms with Gasteiger partial charge in [0.1, 0.15) is 12.3 Å². The molecule has 1 N–H and O–H groups in total. The summed E-state index contributed by atoms with van der Waals surface area (Å²) in [5, 5.41) is 2.68. The van der Waals surface area contributed by atoms with Crippen molar-refractivity contribution in [3.8, 4) is 0 Å². The standard InChI is InChI=1S/C17H17NO4S/c1-21-16(19)9-18-17(20)11-6-7-14-12(8-11)10-22-13-4-2-3-5-15(13)23-14/h2,4,6-8,10,14H,3,5,9H2,1H3,(H,18,20). The number of amides is 1. The monoisotopic (exact) mass is 331 g/mol. The van der Waals surface area contributed by atoms with Crippen LogP contribution in [0, 0.1) is 0 Å². The third-order valence-corrected chi connectivity index (χ3v) is 5.03. The number of hydrogen-bond acceptors (Lipinski definition) is 5. The molecule has 0 aromatic heterocycles. The molecule has 1 heterocycles. The fourth-order valence-electron chi connectivity index (χ4n) is 2.42. The van der Waals surface area contributed by atoms with Gasteiger partial charge in [-0.25, -0.2) is 0 Å². The van der Waals surface area contributed by atoms with Crippen LogP contribution in [0.25, 0.3) is 0 Å². The largest absolute Gasteiger partial charge is 0.468 e. The summed E-state index contributed by atoms with van der Waals surface area (Å²) >= 11 is 1.75. The van der Waals surface area contributed by atoms with Crippen molar-refractivity contribution in [3.63, 3.8) is 0 Å². The number of ether oxygens (including phenoxy) is 2. The van der Waals surface area contributed by atoms with Gasteiger partial charge in [-0.05, 0) is 25.0 Å². The van der Waals surface area contributed by atoms with E-state index in [0.717, 1.165) is 24.2 Å². The topological polar surface area (TPSA) is 64.6 Å². The molecule has 2 aliphatic carbocycles. The molecule has 23 heavy (non-hydrogen) atoms. The second kappa shape index (κ2) is 6.91. The Labute approximate surface area is 138 Å². The average Bonchev–Trinajstić information content (AvgIpc) is 2.77. The fourth-order valence-corrected chi connectivity index (χ4v) is 3.61. The molecule has 5 nitrogen and oxygen atoms in total. The first kappa shape index (κ1) is 15.7. The van der Waals surface area contributed by atoms with Gasteiger partial charge in [-0.1, -0.05) is 18.2 Å². The van der Waals surface area contributed by atoms with E-state index in [1.807, 2.05) is 12.2 Å². The smallest absolute Gasteiger partial charge is 0.325 e. The van der Waals surface area contributed by atoms with E-state index < -0.39 is 5.97 Å². The maximum absolute atomic E-state index is 12.1. The van der Waals surface area contributed by atoms with Crippen LogP contribution in [0.15, 0.2) is 58.5 Å². The van der Waals surface area contributed by atoms with Crippen molar-refractivity contribution in [2.75, 3.05) is 13.7 Å². The second-order valence-electron chi connectivity index (χ2n) is 5.22. The van der Waals surface area contributed by atoms with Gasteiger partial charge in [0.15, 0.2) is 0 Å². The Hall–Kier alpha value is -2.21. The summed E-state index contributed by atoms with van der Waals surface area (Å²) in [5.74, 6) is 0.104. The minimum atomic E-state index is -0.479. The van der Waals surface area contributed by atoms with Crippen molar-refractivity contribution in [1.29, 1.82) is 0 Å². The number of hydrogen-bond donors (Lipinski definition) is 1. The van der Waals surface area contributed by atoms with Crippen LogP contribution in [0.5, 0.6) is 0 Å². The molecule has 1 unspecified atom stereocenters. The van der Waals surface area contributed by atoms with E-state index in [1.165, 1.54) is 12.0 Å². The number of nitrogens with one attached hydrogen (secondary N) is 1. The number of esters is 1. The van der Waals surface area contributed by atoms with Crippen LogP contribution in [0.3, 0.4) is 0 Å². The molecular formula is C17H17NO4S. The van der Waals surface area contributed by atoms with Gasteiger partial charge in [0.05, 0.1) is 18.6 Å². The first-order valence-electron chi connectivity index (χ1n) is 7.35. The molecule has 120 valence electrons. The molecule has 0 bridgehead atoms. The van der Waals surface area contributed by atoms with E-state index in [-0.39, 0.29) is 17.7 Å². The lowest BCUT2D eigenvalue weighted by Crippen LogP contribution is -2.31. The molecule has 0 aromatic carbocycles. The van der Waals surface area contributed by atoms with Crippen LogP contribution in [-0.4, -0.2) is 30.8 Å². The molecule has 1 aliphatic heterocycles. The first-order valence-corrected chi connectivity index (χ1v) is 8.23. The highest BCUT2D eigenvalue weighted by Crippen LogP contribution is 2.40. The summed E-state index contributed by atoms with van der Waals surface area (Å²) in [5.41, 5.74) is 1.43. The van der Waals surface area contributed by atoms with Crippen molar-refractivity contribution >= 4 is 23.6 Å². The molecule has 1 atom stereocenters. The quantitative estimate of drug-likeness (QED) is 0.804. The van der Waals surface area contributed by atoms with Crippen molar-refractivity contribution in [2.45, 2.75) is 18.1 Å². The van der Waals surface area contributed by atoms with Crippen molar-refractivity contribution < 1.29 is 19.1 Å². The highest BCUT2D eigenvalue weighted by atomic mass is 32.2. The molecule has 1 amide bonds. The summed E-state index contributed by atoms with van der Waals surface area (Å²) in [6.07, 6.45) is 13.4. The van der Waals surface area contributed by atoms with E-state index in [0.29, 0.717) is 5.57 Å². The highest BCUT2D eigenvalue weighted by Gasteiger charge is 2.24.